The fraction of sp³-hybridized carbons (Fsp3) is 0.333. The lowest BCUT2D eigenvalue weighted by atomic mass is 10.0. The van der Waals surface area contributed by atoms with Gasteiger partial charge in [-0.05, 0) is 43.5 Å². The number of para-hydroxylation sites is 2. The van der Waals surface area contributed by atoms with Crippen LogP contribution in [-0.2, 0) is 16.5 Å². The molecule has 0 aliphatic rings. The van der Waals surface area contributed by atoms with Crippen molar-refractivity contribution >= 4 is 21.5 Å². The van der Waals surface area contributed by atoms with Gasteiger partial charge in [0.05, 0.1) is 5.69 Å². The van der Waals surface area contributed by atoms with Crippen molar-refractivity contribution < 1.29 is 13.0 Å². The zero-order valence-corrected chi connectivity index (χ0v) is 14.4. The molecule has 0 aliphatic heterocycles. The lowest BCUT2D eigenvalue weighted by Crippen LogP contribution is -2.20. The molecule has 0 amide bonds. The maximum atomic E-state index is 11.9. The lowest BCUT2D eigenvalue weighted by molar-refractivity contribution is 0.483. The molecule has 0 saturated heterocycles. The molecular formula is C18H23NO3S. The first-order valence-electron chi connectivity index (χ1n) is 7.91. The van der Waals surface area contributed by atoms with Crippen LogP contribution in [0.25, 0.3) is 0 Å². The summed E-state index contributed by atoms with van der Waals surface area (Å²) in [6.07, 6.45) is 2.76. The third-order valence-electron chi connectivity index (χ3n) is 3.81. The van der Waals surface area contributed by atoms with Crippen LogP contribution in [0, 0.1) is 0 Å². The molecule has 0 heterocycles. The van der Waals surface area contributed by atoms with Gasteiger partial charge in [0.2, 0.25) is 0 Å². The molecule has 0 unspecified atom stereocenters. The molecule has 2 rings (SSSR count). The highest BCUT2D eigenvalue weighted by Crippen LogP contribution is 2.35. The number of hydrogen-bond acceptors (Lipinski definition) is 3. The quantitative estimate of drug-likeness (QED) is 0.761. The van der Waals surface area contributed by atoms with Crippen LogP contribution in [0.4, 0.5) is 11.4 Å². The molecule has 0 spiro atoms. The predicted molar refractivity (Wildman–Crippen MR) is 94.0 cm³/mol. The summed E-state index contributed by atoms with van der Waals surface area (Å²) in [5.74, 6) is 0. The maximum absolute atomic E-state index is 11.9. The van der Waals surface area contributed by atoms with Crippen molar-refractivity contribution in [3.63, 3.8) is 0 Å². The summed E-state index contributed by atoms with van der Waals surface area (Å²) < 4.78 is 33.4. The normalized spacial score (nSPS) is 11.4. The Morgan fingerprint density at radius 1 is 1.00 bits per heavy atom. The molecule has 1 N–H and O–H groups in total. The number of aryl methyl sites for hydroxylation is 1. The standard InChI is InChI=1S/C18H23NO3S/c1-3-5-10-15-11-9-14-17(23(20,21)22)18(15)19(4-2)16-12-7-6-8-13-16/h6-9,11-14H,3-5,10H2,1-2H3,(H,20,21,22). The monoisotopic (exact) mass is 333 g/mol. The molecule has 0 radical (unpaired) electrons. The van der Waals surface area contributed by atoms with Crippen molar-refractivity contribution in [2.45, 2.75) is 38.0 Å². The highest BCUT2D eigenvalue weighted by atomic mass is 32.2. The summed E-state index contributed by atoms with van der Waals surface area (Å²) in [5.41, 5.74) is 2.42. The van der Waals surface area contributed by atoms with E-state index in [-0.39, 0.29) is 4.90 Å². The van der Waals surface area contributed by atoms with Crippen LogP contribution in [0.5, 0.6) is 0 Å². The highest BCUT2D eigenvalue weighted by Gasteiger charge is 2.23. The number of rotatable bonds is 7. The molecule has 0 aliphatic carbocycles. The molecular weight excluding hydrogens is 310 g/mol. The molecule has 2 aromatic carbocycles. The molecule has 23 heavy (non-hydrogen) atoms. The van der Waals surface area contributed by atoms with E-state index in [0.717, 1.165) is 30.5 Å². The Bertz CT molecular complexity index is 742. The van der Waals surface area contributed by atoms with Crippen LogP contribution in [0.3, 0.4) is 0 Å². The molecule has 0 atom stereocenters. The van der Waals surface area contributed by atoms with Gasteiger partial charge in [0, 0.05) is 12.2 Å². The minimum atomic E-state index is -4.29. The molecule has 0 fully saturated rings. The minimum absolute atomic E-state index is 0.0307. The van der Waals surface area contributed by atoms with Crippen LogP contribution in [-0.4, -0.2) is 19.5 Å². The van der Waals surface area contributed by atoms with E-state index < -0.39 is 10.1 Å². The fourth-order valence-electron chi connectivity index (χ4n) is 2.73. The Labute approximate surface area is 138 Å². The number of hydrogen-bond donors (Lipinski definition) is 1. The Balaban J connectivity index is 2.65. The number of nitrogens with zero attached hydrogens (tertiary/aromatic N) is 1. The van der Waals surface area contributed by atoms with E-state index in [1.54, 1.807) is 6.07 Å². The van der Waals surface area contributed by atoms with E-state index in [1.807, 2.05) is 48.2 Å². The predicted octanol–water partition coefficient (Wildman–Crippen LogP) is 4.43. The Hall–Kier alpha value is -1.85. The average Bonchev–Trinajstić information content (AvgIpc) is 2.54. The summed E-state index contributed by atoms with van der Waals surface area (Å²) in [4.78, 5) is 1.91. The van der Waals surface area contributed by atoms with Crippen molar-refractivity contribution in [3.05, 3.63) is 54.1 Å². The summed E-state index contributed by atoms with van der Waals surface area (Å²) >= 11 is 0. The highest BCUT2D eigenvalue weighted by molar-refractivity contribution is 7.86. The van der Waals surface area contributed by atoms with Gasteiger partial charge in [0.25, 0.3) is 10.1 Å². The van der Waals surface area contributed by atoms with Gasteiger partial charge in [0.15, 0.2) is 0 Å². The largest absolute Gasteiger partial charge is 0.340 e. The van der Waals surface area contributed by atoms with Gasteiger partial charge in [-0.3, -0.25) is 4.55 Å². The summed E-state index contributed by atoms with van der Waals surface area (Å²) in [7, 11) is -4.29. The van der Waals surface area contributed by atoms with E-state index in [0.29, 0.717) is 12.2 Å². The van der Waals surface area contributed by atoms with Crippen LogP contribution < -0.4 is 4.90 Å². The van der Waals surface area contributed by atoms with Gasteiger partial charge < -0.3 is 4.90 Å². The Kier molecular flexibility index (Phi) is 5.80. The van der Waals surface area contributed by atoms with Crippen LogP contribution in [0.15, 0.2) is 53.4 Å². The van der Waals surface area contributed by atoms with Gasteiger partial charge in [-0.25, -0.2) is 0 Å². The van der Waals surface area contributed by atoms with Gasteiger partial charge in [-0.15, -0.1) is 0 Å². The third-order valence-corrected chi connectivity index (χ3v) is 4.70. The molecule has 2 aromatic rings. The van der Waals surface area contributed by atoms with E-state index in [4.69, 9.17) is 0 Å². The zero-order chi connectivity index (χ0) is 16.9. The summed E-state index contributed by atoms with van der Waals surface area (Å²) in [6.45, 7) is 4.67. The molecule has 0 aromatic heterocycles. The van der Waals surface area contributed by atoms with Crippen molar-refractivity contribution in [1.82, 2.24) is 0 Å². The maximum Gasteiger partial charge on any atom is 0.296 e. The first-order valence-corrected chi connectivity index (χ1v) is 9.35. The van der Waals surface area contributed by atoms with Gasteiger partial charge in [0.1, 0.15) is 4.90 Å². The van der Waals surface area contributed by atoms with E-state index in [2.05, 4.69) is 6.92 Å². The molecule has 0 bridgehead atoms. The summed E-state index contributed by atoms with van der Waals surface area (Å²) in [6, 6.07) is 14.7. The second kappa shape index (κ2) is 7.62. The molecule has 124 valence electrons. The average molecular weight is 333 g/mol. The van der Waals surface area contributed by atoms with Gasteiger partial charge in [-0.2, -0.15) is 8.42 Å². The van der Waals surface area contributed by atoms with Crippen molar-refractivity contribution in [2.75, 3.05) is 11.4 Å². The first-order chi connectivity index (χ1) is 11.0. The van der Waals surface area contributed by atoms with Crippen molar-refractivity contribution in [2.24, 2.45) is 0 Å². The minimum Gasteiger partial charge on any atom is -0.340 e. The summed E-state index contributed by atoms with van der Waals surface area (Å²) in [5, 5.41) is 0. The number of anilines is 2. The van der Waals surface area contributed by atoms with Gasteiger partial charge >= 0.3 is 0 Å². The lowest BCUT2D eigenvalue weighted by Gasteiger charge is -2.27. The van der Waals surface area contributed by atoms with Crippen molar-refractivity contribution in [1.29, 1.82) is 0 Å². The van der Waals surface area contributed by atoms with Crippen molar-refractivity contribution in [3.8, 4) is 0 Å². The second-order valence-electron chi connectivity index (χ2n) is 5.42. The van der Waals surface area contributed by atoms with E-state index in [1.165, 1.54) is 6.07 Å². The smallest absolute Gasteiger partial charge is 0.296 e. The first kappa shape index (κ1) is 17.5. The fourth-order valence-corrected chi connectivity index (χ4v) is 3.47. The third kappa shape index (κ3) is 4.12. The van der Waals surface area contributed by atoms with E-state index in [9.17, 15) is 13.0 Å². The molecule has 4 nitrogen and oxygen atoms in total. The van der Waals surface area contributed by atoms with Gasteiger partial charge in [-0.1, -0.05) is 43.7 Å². The molecule has 0 saturated carbocycles. The Morgan fingerprint density at radius 2 is 1.70 bits per heavy atom. The van der Waals surface area contributed by atoms with E-state index >= 15 is 0 Å². The topological polar surface area (TPSA) is 57.6 Å². The molecule has 5 heteroatoms. The SMILES string of the molecule is CCCCc1cccc(S(=O)(=O)O)c1N(CC)c1ccccc1. The Morgan fingerprint density at radius 3 is 2.26 bits per heavy atom. The second-order valence-corrected chi connectivity index (χ2v) is 6.81. The number of benzene rings is 2. The number of unbranched alkanes of at least 4 members (excludes halogenated alkanes) is 1. The van der Waals surface area contributed by atoms with Crippen LogP contribution >= 0.6 is 0 Å². The zero-order valence-electron chi connectivity index (χ0n) is 13.6. The van der Waals surface area contributed by atoms with Crippen LogP contribution in [0.1, 0.15) is 32.3 Å². The van der Waals surface area contributed by atoms with Crippen LogP contribution in [0.2, 0.25) is 0 Å².